The van der Waals surface area contributed by atoms with Crippen LogP contribution in [0.3, 0.4) is 0 Å². The second-order valence-electron chi connectivity index (χ2n) is 2.82. The predicted molar refractivity (Wildman–Crippen MR) is 48.4 cm³/mol. The third-order valence-corrected chi connectivity index (χ3v) is 1.66. The zero-order valence-electron chi connectivity index (χ0n) is 7.53. The van der Waals surface area contributed by atoms with Crippen LogP contribution in [0.25, 0.3) is 0 Å². The Morgan fingerprint density at radius 3 is 2.50 bits per heavy atom. The molecule has 0 aromatic heterocycles. The van der Waals surface area contributed by atoms with Crippen molar-refractivity contribution >= 4 is 0 Å². The Hall–Kier alpha value is -1.29. The van der Waals surface area contributed by atoms with E-state index in [0.717, 1.165) is 5.56 Å². The molecule has 0 spiro atoms. The summed E-state index contributed by atoms with van der Waals surface area (Å²) < 4.78 is 13.3. The largest absolute Gasteiger partial charge is 0.205 e. The average Bonchev–Trinajstić information content (AvgIpc) is 2.00. The van der Waals surface area contributed by atoms with Crippen LogP contribution in [0.2, 0.25) is 0 Å². The normalized spacial score (nSPS) is 9.00. The molecule has 0 saturated heterocycles. The van der Waals surface area contributed by atoms with Gasteiger partial charge in [-0.15, -0.1) is 5.92 Å². The van der Waals surface area contributed by atoms with Gasteiger partial charge in [0.15, 0.2) is 0 Å². The van der Waals surface area contributed by atoms with Crippen molar-refractivity contribution in [1.82, 2.24) is 0 Å². The molecule has 0 aliphatic rings. The quantitative estimate of drug-likeness (QED) is 0.514. The molecule has 0 nitrogen and oxygen atoms in total. The van der Waals surface area contributed by atoms with Crippen LogP contribution in [0, 0.1) is 31.5 Å². The molecule has 12 heavy (non-hydrogen) atoms. The second kappa shape index (κ2) is 3.40. The van der Waals surface area contributed by atoms with Gasteiger partial charge in [-0.25, -0.2) is 4.39 Å². The maximum Gasteiger partial charge on any atom is 0.141 e. The van der Waals surface area contributed by atoms with Crippen LogP contribution in [0.4, 0.5) is 4.39 Å². The van der Waals surface area contributed by atoms with Crippen molar-refractivity contribution < 1.29 is 4.39 Å². The summed E-state index contributed by atoms with van der Waals surface area (Å²) in [5.74, 6) is 5.22. The minimum absolute atomic E-state index is 0.199. The van der Waals surface area contributed by atoms with E-state index < -0.39 is 0 Å². The molecule has 0 aliphatic carbocycles. The Kier molecular flexibility index (Phi) is 2.50. The molecular formula is C11H11F. The molecular weight excluding hydrogens is 151 g/mol. The van der Waals surface area contributed by atoms with E-state index in [9.17, 15) is 4.39 Å². The van der Waals surface area contributed by atoms with E-state index in [2.05, 4.69) is 11.8 Å². The molecule has 0 aliphatic heterocycles. The molecule has 0 saturated carbocycles. The SMILES string of the molecule is CC#Cc1cc(C)cc(C)c1F. The van der Waals surface area contributed by atoms with E-state index in [4.69, 9.17) is 0 Å². The van der Waals surface area contributed by atoms with E-state index in [0.29, 0.717) is 11.1 Å². The summed E-state index contributed by atoms with van der Waals surface area (Å²) in [6.45, 7) is 5.40. The van der Waals surface area contributed by atoms with Gasteiger partial charge in [0.25, 0.3) is 0 Å². The summed E-state index contributed by atoms with van der Waals surface area (Å²) >= 11 is 0. The first-order valence-corrected chi connectivity index (χ1v) is 3.84. The van der Waals surface area contributed by atoms with Gasteiger partial charge in [-0.2, -0.15) is 0 Å². The monoisotopic (exact) mass is 162 g/mol. The molecule has 0 N–H and O–H groups in total. The topological polar surface area (TPSA) is 0 Å². The number of hydrogen-bond acceptors (Lipinski definition) is 0. The van der Waals surface area contributed by atoms with Crippen LogP contribution < -0.4 is 0 Å². The minimum Gasteiger partial charge on any atom is -0.205 e. The fourth-order valence-corrected chi connectivity index (χ4v) is 1.18. The van der Waals surface area contributed by atoms with Crippen molar-refractivity contribution in [1.29, 1.82) is 0 Å². The highest BCUT2D eigenvalue weighted by Crippen LogP contribution is 2.13. The molecule has 1 aromatic rings. The Morgan fingerprint density at radius 1 is 1.25 bits per heavy atom. The van der Waals surface area contributed by atoms with E-state index >= 15 is 0 Å². The number of halogens is 1. The van der Waals surface area contributed by atoms with Gasteiger partial charge in [-0.3, -0.25) is 0 Å². The molecule has 0 unspecified atom stereocenters. The summed E-state index contributed by atoms with van der Waals surface area (Å²) in [5, 5.41) is 0. The van der Waals surface area contributed by atoms with Crippen molar-refractivity contribution in [2.75, 3.05) is 0 Å². The van der Waals surface area contributed by atoms with Crippen molar-refractivity contribution in [2.24, 2.45) is 0 Å². The Morgan fingerprint density at radius 2 is 1.92 bits per heavy atom. The lowest BCUT2D eigenvalue weighted by atomic mass is 10.1. The van der Waals surface area contributed by atoms with Crippen molar-refractivity contribution in [3.05, 3.63) is 34.6 Å². The average molecular weight is 162 g/mol. The molecule has 1 heteroatoms. The van der Waals surface area contributed by atoms with Crippen LogP contribution in [0.1, 0.15) is 23.6 Å². The lowest BCUT2D eigenvalue weighted by molar-refractivity contribution is 0.614. The Labute approximate surface area is 72.4 Å². The summed E-state index contributed by atoms with van der Waals surface area (Å²) in [6, 6.07) is 3.58. The van der Waals surface area contributed by atoms with Gasteiger partial charge in [-0.05, 0) is 38.0 Å². The first kappa shape index (κ1) is 8.80. The van der Waals surface area contributed by atoms with Crippen LogP contribution in [-0.2, 0) is 0 Å². The molecule has 0 atom stereocenters. The molecule has 0 fully saturated rings. The summed E-state index contributed by atoms with van der Waals surface area (Å²) in [7, 11) is 0. The molecule has 62 valence electrons. The van der Waals surface area contributed by atoms with Gasteiger partial charge in [0.1, 0.15) is 5.82 Å². The first-order chi connectivity index (χ1) is 5.65. The third-order valence-electron chi connectivity index (χ3n) is 1.66. The van der Waals surface area contributed by atoms with Crippen LogP contribution in [0.5, 0.6) is 0 Å². The molecule has 0 bridgehead atoms. The van der Waals surface area contributed by atoms with E-state index in [1.807, 2.05) is 13.0 Å². The highest BCUT2D eigenvalue weighted by Gasteiger charge is 2.02. The summed E-state index contributed by atoms with van der Waals surface area (Å²) in [5.41, 5.74) is 2.20. The van der Waals surface area contributed by atoms with Gasteiger partial charge in [0.05, 0.1) is 5.56 Å². The van der Waals surface area contributed by atoms with Crippen molar-refractivity contribution in [3.8, 4) is 11.8 Å². The van der Waals surface area contributed by atoms with Gasteiger partial charge in [-0.1, -0.05) is 12.0 Å². The maximum absolute atomic E-state index is 13.3. The zero-order valence-corrected chi connectivity index (χ0v) is 7.53. The van der Waals surface area contributed by atoms with Crippen LogP contribution >= 0.6 is 0 Å². The molecule has 0 radical (unpaired) electrons. The van der Waals surface area contributed by atoms with Crippen molar-refractivity contribution in [3.63, 3.8) is 0 Å². The second-order valence-corrected chi connectivity index (χ2v) is 2.82. The fraction of sp³-hybridized carbons (Fsp3) is 0.273. The fourth-order valence-electron chi connectivity index (χ4n) is 1.18. The zero-order chi connectivity index (χ0) is 9.14. The lowest BCUT2D eigenvalue weighted by Gasteiger charge is -2.00. The van der Waals surface area contributed by atoms with Gasteiger partial charge in [0, 0.05) is 0 Å². The molecule has 1 aromatic carbocycles. The van der Waals surface area contributed by atoms with E-state index in [1.54, 1.807) is 19.9 Å². The maximum atomic E-state index is 13.3. The van der Waals surface area contributed by atoms with Gasteiger partial charge >= 0.3 is 0 Å². The summed E-state index contributed by atoms with van der Waals surface area (Å²) in [4.78, 5) is 0. The highest BCUT2D eigenvalue weighted by atomic mass is 19.1. The van der Waals surface area contributed by atoms with Gasteiger partial charge < -0.3 is 0 Å². The number of benzene rings is 1. The molecule has 1 rings (SSSR count). The molecule has 0 heterocycles. The lowest BCUT2D eigenvalue weighted by Crippen LogP contribution is -1.89. The smallest absolute Gasteiger partial charge is 0.141 e. The highest BCUT2D eigenvalue weighted by molar-refractivity contribution is 5.41. The standard InChI is InChI=1S/C11H11F/c1-4-5-10-7-8(2)6-9(3)11(10)12/h6-7H,1-3H3. The predicted octanol–water partition coefficient (Wildman–Crippen LogP) is 2.81. The van der Waals surface area contributed by atoms with Crippen LogP contribution in [0.15, 0.2) is 12.1 Å². The number of aryl methyl sites for hydroxylation is 2. The van der Waals surface area contributed by atoms with Crippen LogP contribution in [-0.4, -0.2) is 0 Å². The first-order valence-electron chi connectivity index (χ1n) is 3.84. The number of hydrogen-bond donors (Lipinski definition) is 0. The summed E-state index contributed by atoms with van der Waals surface area (Å²) in [6.07, 6.45) is 0. The Bertz CT molecular complexity index is 353. The van der Waals surface area contributed by atoms with E-state index in [-0.39, 0.29) is 5.82 Å². The Balaban J connectivity index is 3.34. The molecule has 0 amide bonds. The minimum atomic E-state index is -0.199. The third kappa shape index (κ3) is 1.65. The van der Waals surface area contributed by atoms with Crippen molar-refractivity contribution in [2.45, 2.75) is 20.8 Å². The van der Waals surface area contributed by atoms with E-state index in [1.165, 1.54) is 0 Å². The van der Waals surface area contributed by atoms with Gasteiger partial charge in [0.2, 0.25) is 0 Å². The number of rotatable bonds is 0.